The summed E-state index contributed by atoms with van der Waals surface area (Å²) in [6, 6.07) is 7.56. The van der Waals surface area contributed by atoms with Crippen molar-refractivity contribution >= 4 is 17.4 Å². The number of rotatable bonds is 6. The van der Waals surface area contributed by atoms with E-state index < -0.39 is 11.6 Å². The van der Waals surface area contributed by atoms with Crippen molar-refractivity contribution in [3.8, 4) is 5.75 Å². The van der Waals surface area contributed by atoms with Gasteiger partial charge in [-0.05, 0) is 55.7 Å². The molecule has 6 heteroatoms. The lowest BCUT2D eigenvalue weighted by Gasteiger charge is -2.25. The SMILES string of the molecule is C=C/C(=C\C)c1ccc(N2CCN(C(C)c3ccc(F)c(O)c3)C2=O)nc1CC. The van der Waals surface area contributed by atoms with Crippen molar-refractivity contribution in [1.29, 1.82) is 0 Å². The maximum absolute atomic E-state index is 13.4. The first-order chi connectivity index (χ1) is 13.9. The van der Waals surface area contributed by atoms with E-state index in [0.717, 1.165) is 23.3 Å². The predicted molar refractivity (Wildman–Crippen MR) is 113 cm³/mol. The van der Waals surface area contributed by atoms with Crippen LogP contribution < -0.4 is 4.90 Å². The van der Waals surface area contributed by atoms with Crippen LogP contribution in [0.15, 0.2) is 49.1 Å². The van der Waals surface area contributed by atoms with Gasteiger partial charge in [0, 0.05) is 18.7 Å². The number of pyridine rings is 1. The van der Waals surface area contributed by atoms with Crippen LogP contribution in [0.3, 0.4) is 0 Å². The van der Waals surface area contributed by atoms with Gasteiger partial charge in [0.15, 0.2) is 11.6 Å². The third kappa shape index (κ3) is 3.88. The van der Waals surface area contributed by atoms with Gasteiger partial charge in [0.05, 0.1) is 11.7 Å². The number of allylic oxidation sites excluding steroid dienone is 3. The molecule has 1 aromatic heterocycles. The molecule has 2 aromatic rings. The van der Waals surface area contributed by atoms with Gasteiger partial charge in [0.25, 0.3) is 0 Å². The molecular formula is C23H26FN3O2. The molecule has 0 bridgehead atoms. The summed E-state index contributed by atoms with van der Waals surface area (Å²) in [4.78, 5) is 21.1. The van der Waals surface area contributed by atoms with Crippen LogP contribution in [0.5, 0.6) is 5.75 Å². The number of benzene rings is 1. The monoisotopic (exact) mass is 395 g/mol. The first kappa shape index (κ1) is 20.6. The molecule has 1 N–H and O–H groups in total. The normalized spacial score (nSPS) is 15.7. The molecular weight excluding hydrogens is 369 g/mol. The first-order valence-electron chi connectivity index (χ1n) is 9.76. The Balaban J connectivity index is 1.85. The third-order valence-electron chi connectivity index (χ3n) is 5.37. The number of carbonyl (C=O) groups is 1. The van der Waals surface area contributed by atoms with Crippen LogP contribution in [0, 0.1) is 5.82 Å². The summed E-state index contributed by atoms with van der Waals surface area (Å²) in [5.41, 5.74) is 3.63. The summed E-state index contributed by atoms with van der Waals surface area (Å²) in [5.74, 6) is -0.469. The summed E-state index contributed by atoms with van der Waals surface area (Å²) >= 11 is 0. The maximum Gasteiger partial charge on any atom is 0.326 e. The molecule has 0 spiro atoms. The van der Waals surface area contributed by atoms with Crippen molar-refractivity contribution in [3.63, 3.8) is 0 Å². The van der Waals surface area contributed by atoms with Crippen molar-refractivity contribution in [1.82, 2.24) is 9.88 Å². The standard InChI is InChI=1S/C23H26FN3O2/c1-5-16(6-2)18-9-11-22(25-20(18)7-3)27-13-12-26(23(27)29)15(4)17-8-10-19(24)21(28)14-17/h5-6,8-11,14-15,28H,1,7,12-13H2,2-4H3/b16-6+. The van der Waals surface area contributed by atoms with Crippen molar-refractivity contribution in [2.75, 3.05) is 18.0 Å². The number of aromatic hydroxyl groups is 1. The average molecular weight is 395 g/mol. The molecule has 5 nitrogen and oxygen atoms in total. The predicted octanol–water partition coefficient (Wildman–Crippen LogP) is 5.08. The van der Waals surface area contributed by atoms with Crippen LogP contribution >= 0.6 is 0 Å². The second-order valence-corrected chi connectivity index (χ2v) is 6.98. The Morgan fingerprint density at radius 3 is 2.72 bits per heavy atom. The van der Waals surface area contributed by atoms with E-state index in [4.69, 9.17) is 4.98 Å². The van der Waals surface area contributed by atoms with E-state index in [9.17, 15) is 14.3 Å². The second-order valence-electron chi connectivity index (χ2n) is 6.98. The quantitative estimate of drug-likeness (QED) is 0.694. The van der Waals surface area contributed by atoms with Gasteiger partial charge in [0.2, 0.25) is 0 Å². The molecule has 0 radical (unpaired) electrons. The summed E-state index contributed by atoms with van der Waals surface area (Å²) in [5, 5.41) is 9.65. The molecule has 1 aliphatic rings. The average Bonchev–Trinajstić information content (AvgIpc) is 3.11. The third-order valence-corrected chi connectivity index (χ3v) is 5.37. The lowest BCUT2D eigenvalue weighted by molar-refractivity contribution is 0.205. The molecule has 2 heterocycles. The number of amides is 2. The molecule has 1 atom stereocenters. The number of hydrogen-bond acceptors (Lipinski definition) is 3. The number of nitrogens with zero attached hydrogens (tertiary/aromatic N) is 3. The number of anilines is 1. The van der Waals surface area contributed by atoms with Gasteiger partial charge in [-0.2, -0.15) is 0 Å². The van der Waals surface area contributed by atoms with Crippen LogP contribution in [0.2, 0.25) is 0 Å². The molecule has 29 heavy (non-hydrogen) atoms. The van der Waals surface area contributed by atoms with E-state index in [1.54, 1.807) is 21.9 Å². The minimum Gasteiger partial charge on any atom is -0.505 e. The van der Waals surface area contributed by atoms with Crippen LogP contribution in [0.4, 0.5) is 15.0 Å². The Morgan fingerprint density at radius 2 is 2.10 bits per heavy atom. The van der Waals surface area contributed by atoms with E-state index in [0.29, 0.717) is 24.5 Å². The summed E-state index contributed by atoms with van der Waals surface area (Å²) in [6.07, 6.45) is 4.54. The van der Waals surface area contributed by atoms with Gasteiger partial charge >= 0.3 is 6.03 Å². The Kier molecular flexibility index (Phi) is 6.01. The second kappa shape index (κ2) is 8.47. The zero-order chi connectivity index (χ0) is 21.1. The number of phenols is 1. The van der Waals surface area contributed by atoms with E-state index in [2.05, 4.69) is 6.58 Å². The van der Waals surface area contributed by atoms with Crippen molar-refractivity contribution in [2.24, 2.45) is 0 Å². The van der Waals surface area contributed by atoms with Crippen LogP contribution in [-0.2, 0) is 6.42 Å². The minimum atomic E-state index is -0.674. The fourth-order valence-electron chi connectivity index (χ4n) is 3.65. The molecule has 152 valence electrons. The number of aryl methyl sites for hydroxylation is 1. The van der Waals surface area contributed by atoms with Crippen LogP contribution in [0.25, 0.3) is 5.57 Å². The molecule has 1 aliphatic heterocycles. The summed E-state index contributed by atoms with van der Waals surface area (Å²) < 4.78 is 13.4. The largest absolute Gasteiger partial charge is 0.505 e. The van der Waals surface area contributed by atoms with E-state index in [1.807, 2.05) is 39.0 Å². The van der Waals surface area contributed by atoms with E-state index in [-0.39, 0.29) is 12.1 Å². The number of phenolic OH excluding ortho intramolecular Hbond substituents is 1. The van der Waals surface area contributed by atoms with E-state index in [1.165, 1.54) is 12.1 Å². The van der Waals surface area contributed by atoms with Crippen molar-refractivity contribution < 1.29 is 14.3 Å². The highest BCUT2D eigenvalue weighted by Crippen LogP contribution is 2.31. The Labute approximate surface area is 170 Å². The topological polar surface area (TPSA) is 56.7 Å². The van der Waals surface area contributed by atoms with Gasteiger partial charge in [-0.3, -0.25) is 4.90 Å². The van der Waals surface area contributed by atoms with Crippen LogP contribution in [0.1, 0.15) is 43.6 Å². The highest BCUT2D eigenvalue weighted by atomic mass is 19.1. The van der Waals surface area contributed by atoms with Crippen LogP contribution in [-0.4, -0.2) is 34.1 Å². The molecule has 1 fully saturated rings. The summed E-state index contributed by atoms with van der Waals surface area (Å²) in [6.45, 7) is 10.8. The first-order valence-corrected chi connectivity index (χ1v) is 9.76. The molecule has 2 amide bonds. The lowest BCUT2D eigenvalue weighted by Crippen LogP contribution is -2.34. The Morgan fingerprint density at radius 1 is 1.34 bits per heavy atom. The van der Waals surface area contributed by atoms with Crippen molar-refractivity contribution in [2.45, 2.75) is 33.2 Å². The molecule has 0 saturated carbocycles. The summed E-state index contributed by atoms with van der Waals surface area (Å²) in [7, 11) is 0. The van der Waals surface area contributed by atoms with Gasteiger partial charge < -0.3 is 10.0 Å². The van der Waals surface area contributed by atoms with Gasteiger partial charge in [-0.15, -0.1) is 0 Å². The number of aromatic nitrogens is 1. The molecule has 3 rings (SSSR count). The highest BCUT2D eigenvalue weighted by molar-refractivity contribution is 5.93. The zero-order valence-corrected chi connectivity index (χ0v) is 17.0. The maximum atomic E-state index is 13.4. The smallest absolute Gasteiger partial charge is 0.326 e. The zero-order valence-electron chi connectivity index (χ0n) is 17.0. The molecule has 0 aliphatic carbocycles. The van der Waals surface area contributed by atoms with Crippen molar-refractivity contribution in [3.05, 3.63) is 71.7 Å². The Hall–Kier alpha value is -3.15. The number of hydrogen-bond donors (Lipinski definition) is 1. The molecule has 1 saturated heterocycles. The minimum absolute atomic E-state index is 0.154. The fourth-order valence-corrected chi connectivity index (χ4v) is 3.65. The lowest BCUT2D eigenvalue weighted by atomic mass is 10.0. The Bertz CT molecular complexity index is 971. The highest BCUT2D eigenvalue weighted by Gasteiger charge is 2.34. The van der Waals surface area contributed by atoms with E-state index >= 15 is 0 Å². The molecule has 1 unspecified atom stereocenters. The number of urea groups is 1. The molecule has 1 aromatic carbocycles. The number of halogens is 1. The number of carbonyl (C=O) groups excluding carboxylic acids is 1. The van der Waals surface area contributed by atoms with Gasteiger partial charge in [-0.25, -0.2) is 14.2 Å². The fraction of sp³-hybridized carbons (Fsp3) is 0.304. The van der Waals surface area contributed by atoms with Gasteiger partial charge in [-0.1, -0.05) is 31.7 Å². The van der Waals surface area contributed by atoms with Gasteiger partial charge in [0.1, 0.15) is 5.82 Å².